The van der Waals surface area contributed by atoms with Gasteiger partial charge in [0.05, 0.1) is 22.0 Å². The van der Waals surface area contributed by atoms with E-state index in [0.29, 0.717) is 12.2 Å². The number of aromatic nitrogens is 2. The normalized spacial score (nSPS) is 16.8. The Morgan fingerprint density at radius 2 is 2.07 bits per heavy atom. The van der Waals surface area contributed by atoms with Gasteiger partial charge in [0.25, 0.3) is 0 Å². The van der Waals surface area contributed by atoms with Crippen LogP contribution in [0, 0.1) is 5.82 Å². The van der Waals surface area contributed by atoms with Gasteiger partial charge in [0.2, 0.25) is 5.91 Å². The predicted octanol–water partition coefficient (Wildman–Crippen LogP) is 3.54. The van der Waals surface area contributed by atoms with Crippen molar-refractivity contribution in [3.63, 3.8) is 0 Å². The second-order valence-electron chi connectivity index (χ2n) is 7.53. The van der Waals surface area contributed by atoms with Crippen LogP contribution < -0.4 is 0 Å². The Bertz CT molecular complexity index is 1110. The SMILES string of the molecule is CC(C(=O)N(C)C1CSc2c(c3ncccc3n2CC(=O)O)C1)c1ccc(F)cc1. The highest BCUT2D eigenvalue weighted by molar-refractivity contribution is 7.99. The summed E-state index contributed by atoms with van der Waals surface area (Å²) in [4.78, 5) is 30.7. The molecule has 2 unspecified atom stereocenters. The number of thioether (sulfide) groups is 1. The molecule has 3 aromatic rings. The molecule has 6 nitrogen and oxygen atoms in total. The third-order valence-corrected chi connectivity index (χ3v) is 6.94. The number of amides is 1. The van der Waals surface area contributed by atoms with Gasteiger partial charge in [0.1, 0.15) is 12.4 Å². The fourth-order valence-corrected chi connectivity index (χ4v) is 5.32. The highest BCUT2D eigenvalue weighted by Crippen LogP contribution is 2.38. The smallest absolute Gasteiger partial charge is 0.323 e. The molecule has 30 heavy (non-hydrogen) atoms. The van der Waals surface area contributed by atoms with E-state index in [4.69, 9.17) is 0 Å². The summed E-state index contributed by atoms with van der Waals surface area (Å²) >= 11 is 1.56. The number of carbonyl (C=O) groups excluding carboxylic acids is 1. The van der Waals surface area contributed by atoms with Gasteiger partial charge >= 0.3 is 5.97 Å². The van der Waals surface area contributed by atoms with Crippen molar-refractivity contribution in [1.82, 2.24) is 14.5 Å². The van der Waals surface area contributed by atoms with E-state index < -0.39 is 5.97 Å². The highest BCUT2D eigenvalue weighted by atomic mass is 32.2. The summed E-state index contributed by atoms with van der Waals surface area (Å²) in [5, 5.41) is 10.2. The molecule has 2 aromatic heterocycles. The van der Waals surface area contributed by atoms with Gasteiger partial charge in [-0.1, -0.05) is 12.1 Å². The van der Waals surface area contributed by atoms with Gasteiger partial charge in [-0.15, -0.1) is 11.8 Å². The molecule has 3 heterocycles. The van der Waals surface area contributed by atoms with Crippen molar-refractivity contribution in [2.45, 2.75) is 36.9 Å². The quantitative estimate of drug-likeness (QED) is 0.674. The molecule has 1 N–H and O–H groups in total. The lowest BCUT2D eigenvalue weighted by Gasteiger charge is -2.33. The molecule has 0 bridgehead atoms. The average molecular weight is 428 g/mol. The Balaban J connectivity index is 1.60. The van der Waals surface area contributed by atoms with Gasteiger partial charge in [-0.05, 0) is 43.2 Å². The Kier molecular flexibility index (Phi) is 5.51. The van der Waals surface area contributed by atoms with E-state index in [0.717, 1.165) is 27.2 Å². The number of hydrogen-bond acceptors (Lipinski definition) is 4. The number of aliphatic carboxylic acids is 1. The lowest BCUT2D eigenvalue weighted by molar-refractivity contribution is -0.137. The van der Waals surface area contributed by atoms with Crippen molar-refractivity contribution in [1.29, 1.82) is 0 Å². The number of hydrogen-bond donors (Lipinski definition) is 1. The van der Waals surface area contributed by atoms with E-state index in [-0.39, 0.29) is 30.2 Å². The van der Waals surface area contributed by atoms with Crippen LogP contribution in [0.5, 0.6) is 0 Å². The van der Waals surface area contributed by atoms with E-state index >= 15 is 0 Å². The molecule has 1 amide bonds. The fourth-order valence-electron chi connectivity index (χ4n) is 3.96. The van der Waals surface area contributed by atoms with Crippen LogP contribution in [0.2, 0.25) is 0 Å². The lowest BCUT2D eigenvalue weighted by Crippen LogP contribution is -2.43. The van der Waals surface area contributed by atoms with Crippen LogP contribution in [0.3, 0.4) is 0 Å². The largest absolute Gasteiger partial charge is 0.480 e. The van der Waals surface area contributed by atoms with E-state index in [1.54, 1.807) is 52.7 Å². The van der Waals surface area contributed by atoms with Crippen LogP contribution in [-0.4, -0.2) is 50.3 Å². The maximum absolute atomic E-state index is 13.2. The van der Waals surface area contributed by atoms with Crippen molar-refractivity contribution in [2.75, 3.05) is 12.8 Å². The molecule has 0 fully saturated rings. The van der Waals surface area contributed by atoms with Crippen LogP contribution in [-0.2, 0) is 22.6 Å². The molecule has 0 saturated heterocycles. The molecule has 0 spiro atoms. The molecule has 156 valence electrons. The number of halogens is 1. The summed E-state index contributed by atoms with van der Waals surface area (Å²) in [5.41, 5.74) is 3.35. The zero-order valence-corrected chi connectivity index (χ0v) is 17.5. The molecule has 1 aliphatic rings. The molecule has 0 radical (unpaired) electrons. The van der Waals surface area contributed by atoms with Crippen molar-refractivity contribution in [3.8, 4) is 0 Å². The summed E-state index contributed by atoms with van der Waals surface area (Å²) in [7, 11) is 1.79. The van der Waals surface area contributed by atoms with Crippen LogP contribution in [0.25, 0.3) is 11.0 Å². The van der Waals surface area contributed by atoms with E-state index in [1.165, 1.54) is 12.1 Å². The molecule has 0 aliphatic carbocycles. The van der Waals surface area contributed by atoms with Crippen molar-refractivity contribution >= 4 is 34.7 Å². The molecule has 1 aliphatic heterocycles. The number of fused-ring (bicyclic) bond motifs is 3. The van der Waals surface area contributed by atoms with E-state index in [9.17, 15) is 19.1 Å². The van der Waals surface area contributed by atoms with E-state index in [1.807, 2.05) is 13.0 Å². The van der Waals surface area contributed by atoms with Gasteiger partial charge in [0.15, 0.2) is 0 Å². The summed E-state index contributed by atoms with van der Waals surface area (Å²) in [6.07, 6.45) is 2.31. The Morgan fingerprint density at radius 1 is 1.33 bits per heavy atom. The third kappa shape index (κ3) is 3.67. The van der Waals surface area contributed by atoms with Crippen LogP contribution in [0.1, 0.15) is 24.0 Å². The molecule has 8 heteroatoms. The molecular weight excluding hydrogens is 405 g/mol. The molecule has 1 aromatic carbocycles. The Labute approximate surface area is 177 Å². The fraction of sp³-hybridized carbons (Fsp3) is 0.318. The highest BCUT2D eigenvalue weighted by Gasteiger charge is 2.32. The topological polar surface area (TPSA) is 75.4 Å². The Hall–Kier alpha value is -2.87. The lowest BCUT2D eigenvalue weighted by atomic mass is 9.98. The van der Waals surface area contributed by atoms with E-state index in [2.05, 4.69) is 4.98 Å². The van der Waals surface area contributed by atoms with Crippen molar-refractivity contribution in [3.05, 3.63) is 59.5 Å². The monoisotopic (exact) mass is 427 g/mol. The van der Waals surface area contributed by atoms with Gasteiger partial charge in [-0.25, -0.2) is 4.39 Å². The van der Waals surface area contributed by atoms with Gasteiger partial charge in [-0.2, -0.15) is 0 Å². The summed E-state index contributed by atoms with van der Waals surface area (Å²) in [5.74, 6) is -0.970. The van der Waals surface area contributed by atoms with Gasteiger partial charge in [-0.3, -0.25) is 14.6 Å². The first-order valence-electron chi connectivity index (χ1n) is 9.69. The van der Waals surface area contributed by atoms with Gasteiger partial charge in [0, 0.05) is 30.6 Å². The average Bonchev–Trinajstić information content (AvgIpc) is 3.05. The molecule has 2 atom stereocenters. The van der Waals surface area contributed by atoms with Crippen molar-refractivity contribution < 1.29 is 19.1 Å². The summed E-state index contributed by atoms with van der Waals surface area (Å²) < 4.78 is 15.0. The molecule has 0 saturated carbocycles. The minimum absolute atomic E-state index is 0.0297. The standard InChI is InChI=1S/C22H22FN3O3S/c1-13(14-5-7-15(23)8-6-14)21(29)25(2)16-10-17-20-18(4-3-9-24-20)26(11-19(27)28)22(17)30-12-16/h3-9,13,16H,10-12H2,1-2H3,(H,27,28). The first-order chi connectivity index (χ1) is 14.4. The second-order valence-corrected chi connectivity index (χ2v) is 8.53. The second kappa shape index (κ2) is 8.10. The molecular formula is C22H22FN3O3S. The van der Waals surface area contributed by atoms with Gasteiger partial charge < -0.3 is 14.6 Å². The maximum atomic E-state index is 13.2. The number of likely N-dealkylation sites (N-methyl/N-ethyl adjacent to an activating group) is 1. The number of carboxylic acids is 1. The number of rotatable bonds is 5. The number of carboxylic acid groups (broad SMARTS) is 1. The van der Waals surface area contributed by atoms with Crippen LogP contribution in [0.15, 0.2) is 47.6 Å². The zero-order chi connectivity index (χ0) is 21.4. The minimum Gasteiger partial charge on any atom is -0.480 e. The third-order valence-electron chi connectivity index (χ3n) is 5.65. The number of pyridine rings is 1. The zero-order valence-electron chi connectivity index (χ0n) is 16.7. The van der Waals surface area contributed by atoms with Crippen LogP contribution in [0.4, 0.5) is 4.39 Å². The first kappa shape index (κ1) is 20.4. The summed E-state index contributed by atoms with van der Waals surface area (Å²) in [6, 6.07) is 9.66. The molecule has 4 rings (SSSR count). The minimum atomic E-state index is -0.901. The van der Waals surface area contributed by atoms with Crippen molar-refractivity contribution in [2.24, 2.45) is 0 Å². The maximum Gasteiger partial charge on any atom is 0.323 e. The predicted molar refractivity (Wildman–Crippen MR) is 113 cm³/mol. The number of nitrogens with zero attached hydrogens (tertiary/aromatic N) is 3. The first-order valence-corrected chi connectivity index (χ1v) is 10.7. The number of benzene rings is 1. The summed E-state index contributed by atoms with van der Waals surface area (Å²) in [6.45, 7) is 1.71. The Morgan fingerprint density at radius 3 is 2.77 bits per heavy atom. The number of carbonyl (C=O) groups is 2. The van der Waals surface area contributed by atoms with Crippen LogP contribution >= 0.6 is 11.8 Å².